The lowest BCUT2D eigenvalue weighted by Gasteiger charge is -2.33. The maximum Gasteiger partial charge on any atom is 0.325 e. The number of amides is 3. The number of hydrogen-bond acceptors (Lipinski definition) is 5. The first-order chi connectivity index (χ1) is 11.0. The van der Waals surface area contributed by atoms with Crippen LogP contribution in [0.4, 0.5) is 4.79 Å². The predicted octanol–water partition coefficient (Wildman–Crippen LogP) is 0.320. The van der Waals surface area contributed by atoms with Crippen molar-refractivity contribution in [2.75, 3.05) is 26.2 Å². The monoisotopic (exact) mass is 320 g/mol. The second-order valence-corrected chi connectivity index (χ2v) is 6.94. The molecule has 1 atom stereocenters. The van der Waals surface area contributed by atoms with Crippen LogP contribution in [0.15, 0.2) is 12.7 Å². The average molecular weight is 320 g/mol. The van der Waals surface area contributed by atoms with Gasteiger partial charge in [-0.25, -0.2) is 9.78 Å². The molecule has 2 aliphatic rings. The fourth-order valence-corrected chi connectivity index (χ4v) is 3.36. The second-order valence-electron chi connectivity index (χ2n) is 6.94. The number of piperidine rings is 1. The van der Waals surface area contributed by atoms with Crippen LogP contribution in [0.25, 0.3) is 0 Å². The molecule has 8 heteroatoms. The molecule has 0 saturated carbocycles. The van der Waals surface area contributed by atoms with Crippen molar-refractivity contribution in [2.24, 2.45) is 5.92 Å². The molecule has 2 aliphatic heterocycles. The fourth-order valence-electron chi connectivity index (χ4n) is 3.36. The van der Waals surface area contributed by atoms with Crippen molar-refractivity contribution in [1.82, 2.24) is 29.9 Å². The molecule has 0 bridgehead atoms. The molecule has 0 aliphatic carbocycles. The first kappa shape index (κ1) is 15.9. The quantitative estimate of drug-likeness (QED) is 0.790. The summed E-state index contributed by atoms with van der Waals surface area (Å²) in [6.45, 7) is 7.50. The number of nitrogens with one attached hydrogen (secondary N) is 1. The first-order valence-electron chi connectivity index (χ1n) is 8.14. The van der Waals surface area contributed by atoms with Crippen LogP contribution in [0.2, 0.25) is 0 Å². The van der Waals surface area contributed by atoms with E-state index in [1.54, 1.807) is 26.5 Å². The summed E-state index contributed by atoms with van der Waals surface area (Å²) in [5.41, 5.74) is -0.783. The van der Waals surface area contributed by atoms with Gasteiger partial charge in [0.05, 0.1) is 0 Å². The van der Waals surface area contributed by atoms with Gasteiger partial charge in [0.2, 0.25) is 0 Å². The molecule has 3 heterocycles. The molecule has 2 saturated heterocycles. The minimum Gasteiger partial charge on any atom is -0.324 e. The molecule has 1 N–H and O–H groups in total. The predicted molar refractivity (Wildman–Crippen MR) is 83.5 cm³/mol. The van der Waals surface area contributed by atoms with Gasteiger partial charge in [-0.3, -0.25) is 14.4 Å². The number of hydrogen-bond donors (Lipinski definition) is 1. The molecule has 3 amide bonds. The number of nitrogens with zero attached hydrogens (tertiary/aromatic N) is 5. The number of carbonyl (C=O) groups is 2. The summed E-state index contributed by atoms with van der Waals surface area (Å²) in [4.78, 5) is 31.7. The van der Waals surface area contributed by atoms with Gasteiger partial charge in [-0.2, -0.15) is 5.10 Å². The van der Waals surface area contributed by atoms with E-state index in [-0.39, 0.29) is 11.9 Å². The van der Waals surface area contributed by atoms with Crippen LogP contribution in [0.5, 0.6) is 0 Å². The van der Waals surface area contributed by atoms with Gasteiger partial charge >= 0.3 is 6.03 Å². The van der Waals surface area contributed by atoms with Crippen molar-refractivity contribution in [3.63, 3.8) is 0 Å². The first-order valence-corrected chi connectivity index (χ1v) is 8.14. The standard InChI is InChI=1S/C15H24N6O2/c1-15(2)13(22)21(14(23)18-15)7-6-19-5-3-4-12(8-19)9-20-11-16-10-17-20/h10-12H,3-9H2,1-2H3,(H,18,23)/t12-/m0/s1. The Bertz CT molecular complexity index is 571. The van der Waals surface area contributed by atoms with Crippen LogP contribution < -0.4 is 5.32 Å². The van der Waals surface area contributed by atoms with Crippen LogP contribution in [-0.2, 0) is 11.3 Å². The Morgan fingerprint density at radius 2 is 2.17 bits per heavy atom. The van der Waals surface area contributed by atoms with Gasteiger partial charge in [0.25, 0.3) is 5.91 Å². The number of urea groups is 1. The molecule has 3 rings (SSSR count). The molecule has 8 nitrogen and oxygen atoms in total. The summed E-state index contributed by atoms with van der Waals surface area (Å²) >= 11 is 0. The van der Waals surface area contributed by atoms with Gasteiger partial charge in [0.1, 0.15) is 18.2 Å². The fraction of sp³-hybridized carbons (Fsp3) is 0.733. The van der Waals surface area contributed by atoms with Crippen LogP contribution in [-0.4, -0.2) is 68.2 Å². The number of likely N-dealkylation sites (tertiary alicyclic amines) is 1. The summed E-state index contributed by atoms with van der Waals surface area (Å²) in [5.74, 6) is 0.392. The number of imide groups is 1. The van der Waals surface area contributed by atoms with E-state index in [4.69, 9.17) is 0 Å². The van der Waals surface area contributed by atoms with Gasteiger partial charge < -0.3 is 10.2 Å². The van der Waals surface area contributed by atoms with Gasteiger partial charge in [-0.1, -0.05) is 0 Å². The zero-order valence-electron chi connectivity index (χ0n) is 13.7. The summed E-state index contributed by atoms with van der Waals surface area (Å²) in [7, 11) is 0. The van der Waals surface area contributed by atoms with E-state index < -0.39 is 5.54 Å². The second kappa shape index (κ2) is 6.27. The van der Waals surface area contributed by atoms with Gasteiger partial charge in [-0.15, -0.1) is 0 Å². The van der Waals surface area contributed by atoms with Crippen molar-refractivity contribution >= 4 is 11.9 Å². The summed E-state index contributed by atoms with van der Waals surface area (Å²) in [5, 5.41) is 6.88. The zero-order chi connectivity index (χ0) is 16.4. The molecule has 0 spiro atoms. The van der Waals surface area contributed by atoms with Gasteiger partial charge in [-0.05, 0) is 39.2 Å². The Balaban J connectivity index is 1.50. The molecule has 0 unspecified atom stereocenters. The summed E-state index contributed by atoms with van der Waals surface area (Å²) in [6, 6.07) is -0.281. The van der Waals surface area contributed by atoms with E-state index in [1.807, 2.05) is 4.68 Å². The topological polar surface area (TPSA) is 83.4 Å². The Labute approximate surface area is 135 Å². The smallest absolute Gasteiger partial charge is 0.324 e. The highest BCUT2D eigenvalue weighted by Gasteiger charge is 2.44. The Morgan fingerprint density at radius 1 is 1.35 bits per heavy atom. The maximum absolute atomic E-state index is 12.2. The lowest BCUT2D eigenvalue weighted by Crippen LogP contribution is -2.44. The van der Waals surface area contributed by atoms with E-state index in [0.717, 1.165) is 32.6 Å². The lowest BCUT2D eigenvalue weighted by atomic mass is 9.98. The molecule has 126 valence electrons. The minimum absolute atomic E-state index is 0.140. The van der Waals surface area contributed by atoms with Crippen LogP contribution in [0.1, 0.15) is 26.7 Å². The number of carbonyl (C=O) groups excluding carboxylic acids is 2. The van der Waals surface area contributed by atoms with Crippen molar-refractivity contribution in [2.45, 2.75) is 38.8 Å². The molecule has 0 aromatic carbocycles. The third-order valence-corrected chi connectivity index (χ3v) is 4.60. The minimum atomic E-state index is -0.783. The third kappa shape index (κ3) is 3.52. The Kier molecular flexibility index (Phi) is 4.34. The SMILES string of the molecule is CC1(C)NC(=O)N(CCN2CCC[C@H](Cn3cncn3)C2)C1=O. The van der Waals surface area contributed by atoms with Crippen molar-refractivity contribution in [1.29, 1.82) is 0 Å². The van der Waals surface area contributed by atoms with Gasteiger partial charge in [0.15, 0.2) is 0 Å². The van der Waals surface area contributed by atoms with Crippen molar-refractivity contribution < 1.29 is 9.59 Å². The highest BCUT2D eigenvalue weighted by Crippen LogP contribution is 2.19. The average Bonchev–Trinajstić information content (AvgIpc) is 3.06. The van der Waals surface area contributed by atoms with Crippen molar-refractivity contribution in [3.05, 3.63) is 12.7 Å². The largest absolute Gasteiger partial charge is 0.325 e. The molecular weight excluding hydrogens is 296 g/mol. The van der Waals surface area contributed by atoms with Crippen molar-refractivity contribution in [3.8, 4) is 0 Å². The van der Waals surface area contributed by atoms with E-state index in [2.05, 4.69) is 20.3 Å². The summed E-state index contributed by atoms with van der Waals surface area (Å²) in [6.07, 6.45) is 5.60. The number of aromatic nitrogens is 3. The molecule has 2 fully saturated rings. The molecule has 23 heavy (non-hydrogen) atoms. The molecular formula is C15H24N6O2. The van der Waals surface area contributed by atoms with Crippen LogP contribution >= 0.6 is 0 Å². The maximum atomic E-state index is 12.2. The van der Waals surface area contributed by atoms with Crippen LogP contribution in [0.3, 0.4) is 0 Å². The van der Waals surface area contributed by atoms with E-state index >= 15 is 0 Å². The Hall–Kier alpha value is -1.96. The summed E-state index contributed by atoms with van der Waals surface area (Å²) < 4.78 is 1.87. The third-order valence-electron chi connectivity index (χ3n) is 4.60. The van der Waals surface area contributed by atoms with E-state index in [9.17, 15) is 9.59 Å². The van der Waals surface area contributed by atoms with E-state index in [0.29, 0.717) is 12.5 Å². The molecule has 1 aromatic rings. The van der Waals surface area contributed by atoms with Crippen LogP contribution in [0, 0.1) is 5.92 Å². The Morgan fingerprint density at radius 3 is 2.83 bits per heavy atom. The normalized spacial score (nSPS) is 25.0. The highest BCUT2D eigenvalue weighted by atomic mass is 16.2. The van der Waals surface area contributed by atoms with E-state index in [1.165, 1.54) is 11.3 Å². The van der Waals surface area contributed by atoms with Gasteiger partial charge in [0, 0.05) is 26.2 Å². The highest BCUT2D eigenvalue weighted by molar-refractivity contribution is 6.06. The lowest BCUT2D eigenvalue weighted by molar-refractivity contribution is -0.130. The zero-order valence-corrected chi connectivity index (χ0v) is 13.7. The molecule has 0 radical (unpaired) electrons. The molecule has 1 aromatic heterocycles. The number of rotatable bonds is 5.